The number of nitrogens with two attached hydrogens (primary N) is 1. The molecule has 0 saturated carbocycles. The molecular weight excluding hydrogens is 368 g/mol. The molecular formula is C19H21BrN2O2. The monoisotopic (exact) mass is 388 g/mol. The molecule has 1 atom stereocenters. The van der Waals surface area contributed by atoms with Crippen molar-refractivity contribution >= 4 is 21.8 Å². The Morgan fingerprint density at radius 1 is 1.21 bits per heavy atom. The summed E-state index contributed by atoms with van der Waals surface area (Å²) in [6, 6.07) is 15.4. The minimum absolute atomic E-state index is 0.0872. The van der Waals surface area contributed by atoms with E-state index in [0.29, 0.717) is 19.1 Å². The van der Waals surface area contributed by atoms with E-state index >= 15 is 0 Å². The number of amides is 1. The third-order valence-corrected chi connectivity index (χ3v) is 4.99. The Labute approximate surface area is 150 Å². The maximum atomic E-state index is 12.5. The molecule has 5 heteroatoms. The minimum atomic E-state index is 0.0872. The maximum absolute atomic E-state index is 12.5. The molecule has 0 unspecified atom stereocenters. The van der Waals surface area contributed by atoms with Gasteiger partial charge in [0.25, 0.3) is 5.91 Å². The molecule has 1 amide bonds. The van der Waals surface area contributed by atoms with Gasteiger partial charge in [0.1, 0.15) is 12.4 Å². The smallest absolute Gasteiger partial charge is 0.253 e. The van der Waals surface area contributed by atoms with Crippen molar-refractivity contribution in [3.63, 3.8) is 0 Å². The van der Waals surface area contributed by atoms with Gasteiger partial charge in [-0.1, -0.05) is 24.3 Å². The van der Waals surface area contributed by atoms with Crippen LogP contribution in [0.25, 0.3) is 0 Å². The molecule has 0 spiro atoms. The highest BCUT2D eigenvalue weighted by Gasteiger charge is 2.25. The second-order valence-electron chi connectivity index (χ2n) is 6.06. The van der Waals surface area contributed by atoms with E-state index in [0.717, 1.165) is 40.9 Å². The predicted octanol–water partition coefficient (Wildman–Crippen LogP) is 3.45. The van der Waals surface area contributed by atoms with Crippen molar-refractivity contribution in [2.75, 3.05) is 19.6 Å². The Balaban J connectivity index is 1.59. The Bertz CT molecular complexity index is 703. The van der Waals surface area contributed by atoms with Gasteiger partial charge in [0.2, 0.25) is 0 Å². The van der Waals surface area contributed by atoms with Gasteiger partial charge in [-0.2, -0.15) is 0 Å². The molecule has 4 nitrogen and oxygen atoms in total. The topological polar surface area (TPSA) is 55.6 Å². The summed E-state index contributed by atoms with van der Waals surface area (Å²) in [5, 5.41) is 0. The first kappa shape index (κ1) is 17.0. The number of carbonyl (C=O) groups excluding carboxylic acids is 1. The standard InChI is InChI=1S/C19H21BrN2O2/c20-17-3-1-2-4-18(17)24-13-14-5-7-16(8-6-14)19(23)22-10-9-15(11-21)12-22/h1-8,15H,9-13,21H2/t15-/m1/s1. The summed E-state index contributed by atoms with van der Waals surface area (Å²) in [4.78, 5) is 14.4. The van der Waals surface area contributed by atoms with Crippen molar-refractivity contribution in [3.8, 4) is 5.75 Å². The summed E-state index contributed by atoms with van der Waals surface area (Å²) in [5.41, 5.74) is 7.44. The van der Waals surface area contributed by atoms with Gasteiger partial charge in [0.15, 0.2) is 0 Å². The number of halogens is 1. The molecule has 1 saturated heterocycles. The molecule has 1 fully saturated rings. The van der Waals surface area contributed by atoms with Crippen LogP contribution in [0.1, 0.15) is 22.3 Å². The Hall–Kier alpha value is -1.85. The van der Waals surface area contributed by atoms with E-state index in [1.807, 2.05) is 53.4 Å². The molecule has 24 heavy (non-hydrogen) atoms. The largest absolute Gasteiger partial charge is 0.488 e. The summed E-state index contributed by atoms with van der Waals surface area (Å²) >= 11 is 3.46. The van der Waals surface area contributed by atoms with Crippen LogP contribution in [0.4, 0.5) is 0 Å². The van der Waals surface area contributed by atoms with Gasteiger partial charge >= 0.3 is 0 Å². The number of rotatable bonds is 5. The number of likely N-dealkylation sites (tertiary alicyclic amines) is 1. The Morgan fingerprint density at radius 3 is 2.62 bits per heavy atom. The first-order valence-electron chi connectivity index (χ1n) is 8.13. The van der Waals surface area contributed by atoms with E-state index in [1.54, 1.807) is 0 Å². The van der Waals surface area contributed by atoms with Crippen molar-refractivity contribution in [1.82, 2.24) is 4.90 Å². The van der Waals surface area contributed by atoms with Crippen LogP contribution in [0, 0.1) is 5.92 Å². The molecule has 0 radical (unpaired) electrons. The van der Waals surface area contributed by atoms with Crippen LogP contribution in [0.3, 0.4) is 0 Å². The molecule has 1 aliphatic rings. The average Bonchev–Trinajstić information content (AvgIpc) is 3.10. The normalized spacial score (nSPS) is 17.1. The fourth-order valence-corrected chi connectivity index (χ4v) is 3.26. The lowest BCUT2D eigenvalue weighted by Gasteiger charge is -2.16. The first-order chi connectivity index (χ1) is 11.7. The highest BCUT2D eigenvalue weighted by Crippen LogP contribution is 2.25. The van der Waals surface area contributed by atoms with Crippen LogP contribution in [0.5, 0.6) is 5.75 Å². The van der Waals surface area contributed by atoms with Gasteiger partial charge in [-0.25, -0.2) is 0 Å². The average molecular weight is 389 g/mol. The van der Waals surface area contributed by atoms with Crippen molar-refractivity contribution in [1.29, 1.82) is 0 Å². The van der Waals surface area contributed by atoms with Crippen molar-refractivity contribution in [2.45, 2.75) is 13.0 Å². The number of ether oxygens (including phenoxy) is 1. The number of nitrogens with zero attached hydrogens (tertiary/aromatic N) is 1. The second kappa shape index (κ2) is 7.81. The third-order valence-electron chi connectivity index (χ3n) is 4.34. The van der Waals surface area contributed by atoms with Crippen molar-refractivity contribution in [2.24, 2.45) is 11.7 Å². The van der Waals surface area contributed by atoms with E-state index in [9.17, 15) is 4.79 Å². The summed E-state index contributed by atoms with van der Waals surface area (Å²) in [5.74, 6) is 1.33. The number of hydrogen-bond acceptors (Lipinski definition) is 3. The fourth-order valence-electron chi connectivity index (χ4n) is 2.86. The number of hydrogen-bond donors (Lipinski definition) is 1. The number of benzene rings is 2. The number of carbonyl (C=O) groups is 1. The molecule has 2 aromatic carbocycles. The fraction of sp³-hybridized carbons (Fsp3) is 0.316. The zero-order chi connectivity index (χ0) is 16.9. The van der Waals surface area contributed by atoms with Gasteiger partial charge < -0.3 is 15.4 Å². The van der Waals surface area contributed by atoms with Crippen LogP contribution < -0.4 is 10.5 Å². The van der Waals surface area contributed by atoms with Gasteiger partial charge in [-0.05, 0) is 64.6 Å². The quantitative estimate of drug-likeness (QED) is 0.852. The lowest BCUT2D eigenvalue weighted by atomic mass is 10.1. The summed E-state index contributed by atoms with van der Waals surface area (Å²) < 4.78 is 6.73. The third kappa shape index (κ3) is 3.97. The summed E-state index contributed by atoms with van der Waals surface area (Å²) in [6.07, 6.45) is 1.00. The van der Waals surface area contributed by atoms with Gasteiger partial charge in [-0.3, -0.25) is 4.79 Å². The van der Waals surface area contributed by atoms with Gasteiger partial charge in [0, 0.05) is 18.7 Å². The molecule has 2 N–H and O–H groups in total. The molecule has 1 heterocycles. The molecule has 2 aromatic rings. The van der Waals surface area contributed by atoms with E-state index < -0.39 is 0 Å². The second-order valence-corrected chi connectivity index (χ2v) is 6.91. The Kier molecular flexibility index (Phi) is 5.53. The van der Waals surface area contributed by atoms with E-state index in [2.05, 4.69) is 15.9 Å². The zero-order valence-corrected chi connectivity index (χ0v) is 15.0. The van der Waals surface area contributed by atoms with Crippen LogP contribution in [0.2, 0.25) is 0 Å². The van der Waals surface area contributed by atoms with Crippen LogP contribution in [-0.4, -0.2) is 30.4 Å². The van der Waals surface area contributed by atoms with Crippen molar-refractivity contribution in [3.05, 3.63) is 64.1 Å². The summed E-state index contributed by atoms with van der Waals surface area (Å²) in [6.45, 7) is 2.68. The molecule has 0 bridgehead atoms. The van der Waals surface area contributed by atoms with Crippen molar-refractivity contribution < 1.29 is 9.53 Å². The lowest BCUT2D eigenvalue weighted by molar-refractivity contribution is 0.0787. The van der Waals surface area contributed by atoms with Crippen LogP contribution in [0.15, 0.2) is 53.0 Å². The van der Waals surface area contributed by atoms with E-state index in [-0.39, 0.29) is 5.91 Å². The van der Waals surface area contributed by atoms with Gasteiger partial charge in [0.05, 0.1) is 4.47 Å². The van der Waals surface area contributed by atoms with Gasteiger partial charge in [-0.15, -0.1) is 0 Å². The molecule has 1 aliphatic heterocycles. The van der Waals surface area contributed by atoms with Crippen LogP contribution >= 0.6 is 15.9 Å². The molecule has 3 rings (SSSR count). The number of para-hydroxylation sites is 1. The highest BCUT2D eigenvalue weighted by atomic mass is 79.9. The van der Waals surface area contributed by atoms with E-state index in [4.69, 9.17) is 10.5 Å². The SMILES string of the molecule is NC[C@H]1CCN(C(=O)c2ccc(COc3ccccc3Br)cc2)C1. The molecule has 126 valence electrons. The summed E-state index contributed by atoms with van der Waals surface area (Å²) in [7, 11) is 0. The molecule has 0 aromatic heterocycles. The van der Waals surface area contributed by atoms with E-state index in [1.165, 1.54) is 0 Å². The Morgan fingerprint density at radius 2 is 1.96 bits per heavy atom. The molecule has 0 aliphatic carbocycles. The zero-order valence-electron chi connectivity index (χ0n) is 13.5. The first-order valence-corrected chi connectivity index (χ1v) is 8.92. The lowest BCUT2D eigenvalue weighted by Crippen LogP contribution is -2.29. The highest BCUT2D eigenvalue weighted by molar-refractivity contribution is 9.10. The maximum Gasteiger partial charge on any atom is 0.253 e. The van der Waals surface area contributed by atoms with Crippen LogP contribution in [-0.2, 0) is 6.61 Å². The predicted molar refractivity (Wildman–Crippen MR) is 98.0 cm³/mol. The minimum Gasteiger partial charge on any atom is -0.488 e.